The van der Waals surface area contributed by atoms with Gasteiger partial charge in [-0.2, -0.15) is 0 Å². The van der Waals surface area contributed by atoms with Crippen molar-refractivity contribution in [2.24, 2.45) is 0 Å². The summed E-state index contributed by atoms with van der Waals surface area (Å²) in [6.45, 7) is 1.14. The maximum absolute atomic E-state index is 12.3. The quantitative estimate of drug-likeness (QED) is 0.814. The lowest BCUT2D eigenvalue weighted by Crippen LogP contribution is -2.36. The van der Waals surface area contributed by atoms with E-state index in [1.165, 1.54) is 6.07 Å². The number of nitrogen functional groups attached to an aromatic ring is 1. The number of benzene rings is 1. The maximum atomic E-state index is 12.3. The number of aromatic nitrogens is 1. The molecule has 104 valence electrons. The molecule has 0 spiro atoms. The van der Waals surface area contributed by atoms with E-state index in [1.807, 2.05) is 0 Å². The maximum Gasteiger partial charge on any atom is 0.323 e. The topological polar surface area (TPSA) is 110 Å². The molecule has 0 aliphatic rings. The lowest BCUT2D eigenvalue weighted by Gasteiger charge is -2.20. The van der Waals surface area contributed by atoms with E-state index in [-0.39, 0.29) is 5.76 Å². The van der Waals surface area contributed by atoms with Gasteiger partial charge in [-0.3, -0.25) is 14.5 Å². The highest BCUT2D eigenvalue weighted by molar-refractivity contribution is 6.08. The van der Waals surface area contributed by atoms with Gasteiger partial charge in [-0.05, 0) is 19.1 Å². The first-order valence-corrected chi connectivity index (χ1v) is 5.80. The number of amides is 1. The molecular formula is C13H13N3O4. The molecule has 0 aliphatic heterocycles. The third-order valence-electron chi connectivity index (χ3n) is 2.60. The van der Waals surface area contributed by atoms with Crippen molar-refractivity contribution in [3.63, 3.8) is 0 Å². The molecule has 2 rings (SSSR count). The Morgan fingerprint density at radius 1 is 1.40 bits per heavy atom. The summed E-state index contributed by atoms with van der Waals surface area (Å²) in [6, 6.07) is 7.96. The van der Waals surface area contributed by atoms with Gasteiger partial charge in [-0.25, -0.2) is 0 Å². The number of carboxylic acid groups (broad SMARTS) is 1. The minimum Gasteiger partial charge on any atom is -0.480 e. The molecule has 0 atom stereocenters. The Kier molecular flexibility index (Phi) is 3.69. The van der Waals surface area contributed by atoms with Gasteiger partial charge in [-0.15, -0.1) is 0 Å². The van der Waals surface area contributed by atoms with E-state index in [2.05, 4.69) is 5.16 Å². The summed E-state index contributed by atoms with van der Waals surface area (Å²) in [5.41, 5.74) is 6.94. The van der Waals surface area contributed by atoms with Crippen LogP contribution in [0.15, 0.2) is 34.9 Å². The number of nitrogens with two attached hydrogens (primary N) is 1. The monoisotopic (exact) mass is 275 g/mol. The van der Waals surface area contributed by atoms with Crippen LogP contribution in [-0.4, -0.2) is 28.7 Å². The standard InChI is InChI=1S/C13H13N3O4/c1-8-6-11(20-15-8)13(19)16(7-12(17)18)10-5-3-2-4-9(10)14/h2-6H,7,14H2,1H3,(H,17,18). The fourth-order valence-electron chi connectivity index (χ4n) is 1.73. The number of carbonyl (C=O) groups is 2. The molecule has 1 aromatic carbocycles. The average molecular weight is 275 g/mol. The van der Waals surface area contributed by atoms with Gasteiger partial charge in [0.05, 0.1) is 17.1 Å². The van der Waals surface area contributed by atoms with Gasteiger partial charge in [0.1, 0.15) is 6.54 Å². The number of aliphatic carboxylic acids is 1. The first-order valence-electron chi connectivity index (χ1n) is 5.80. The summed E-state index contributed by atoms with van der Waals surface area (Å²) < 4.78 is 4.88. The molecule has 0 unspecified atom stereocenters. The van der Waals surface area contributed by atoms with E-state index in [0.717, 1.165) is 4.90 Å². The highest BCUT2D eigenvalue weighted by Gasteiger charge is 2.25. The Bertz CT molecular complexity index is 651. The van der Waals surface area contributed by atoms with E-state index in [4.69, 9.17) is 15.4 Å². The van der Waals surface area contributed by atoms with Crippen LogP contribution in [0.4, 0.5) is 11.4 Å². The zero-order valence-corrected chi connectivity index (χ0v) is 10.7. The molecule has 1 aromatic heterocycles. The minimum atomic E-state index is -1.15. The van der Waals surface area contributed by atoms with Crippen LogP contribution in [0.25, 0.3) is 0 Å². The van der Waals surface area contributed by atoms with Crippen molar-refractivity contribution in [1.82, 2.24) is 5.16 Å². The summed E-state index contributed by atoms with van der Waals surface area (Å²) in [5, 5.41) is 12.6. The highest BCUT2D eigenvalue weighted by atomic mass is 16.5. The minimum absolute atomic E-state index is 0.0352. The fourth-order valence-corrected chi connectivity index (χ4v) is 1.73. The zero-order valence-electron chi connectivity index (χ0n) is 10.7. The number of carboxylic acids is 1. The first-order chi connectivity index (χ1) is 9.49. The van der Waals surface area contributed by atoms with Crippen molar-refractivity contribution < 1.29 is 19.2 Å². The fraction of sp³-hybridized carbons (Fsp3) is 0.154. The number of nitrogens with zero attached hydrogens (tertiary/aromatic N) is 2. The molecule has 1 heterocycles. The number of anilines is 2. The van der Waals surface area contributed by atoms with E-state index in [0.29, 0.717) is 17.1 Å². The third kappa shape index (κ3) is 2.77. The van der Waals surface area contributed by atoms with Crippen LogP contribution in [0.3, 0.4) is 0 Å². The second-order valence-electron chi connectivity index (χ2n) is 4.18. The lowest BCUT2D eigenvalue weighted by molar-refractivity contribution is -0.135. The van der Waals surface area contributed by atoms with Gasteiger partial charge in [0, 0.05) is 6.07 Å². The molecule has 2 aromatic rings. The van der Waals surface area contributed by atoms with Crippen LogP contribution in [0.1, 0.15) is 16.2 Å². The summed E-state index contributed by atoms with van der Waals surface area (Å²) in [4.78, 5) is 24.3. The largest absolute Gasteiger partial charge is 0.480 e. The molecule has 20 heavy (non-hydrogen) atoms. The zero-order chi connectivity index (χ0) is 14.7. The predicted molar refractivity (Wildman–Crippen MR) is 71.4 cm³/mol. The summed E-state index contributed by atoms with van der Waals surface area (Å²) in [7, 11) is 0. The molecule has 3 N–H and O–H groups in total. The Morgan fingerprint density at radius 3 is 2.65 bits per heavy atom. The smallest absolute Gasteiger partial charge is 0.323 e. The SMILES string of the molecule is Cc1cc(C(=O)N(CC(=O)O)c2ccccc2N)on1. The van der Waals surface area contributed by atoms with Gasteiger partial charge in [-0.1, -0.05) is 17.3 Å². The number of para-hydroxylation sites is 2. The number of hydrogen-bond donors (Lipinski definition) is 2. The molecule has 1 amide bonds. The van der Waals surface area contributed by atoms with Gasteiger partial charge in [0.15, 0.2) is 0 Å². The Balaban J connectivity index is 2.40. The van der Waals surface area contributed by atoms with Crippen molar-refractivity contribution in [3.8, 4) is 0 Å². The van der Waals surface area contributed by atoms with Crippen LogP contribution < -0.4 is 10.6 Å². The summed E-state index contributed by atoms with van der Waals surface area (Å²) in [5.74, 6) is -1.80. The first kappa shape index (κ1) is 13.6. The molecule has 0 saturated heterocycles. The van der Waals surface area contributed by atoms with Gasteiger partial charge >= 0.3 is 5.97 Å². The summed E-state index contributed by atoms with van der Waals surface area (Å²) in [6.07, 6.45) is 0. The highest BCUT2D eigenvalue weighted by Crippen LogP contribution is 2.24. The Morgan fingerprint density at radius 2 is 2.10 bits per heavy atom. The molecule has 7 heteroatoms. The third-order valence-corrected chi connectivity index (χ3v) is 2.60. The number of rotatable bonds is 4. The van der Waals surface area contributed by atoms with Crippen LogP contribution in [0.5, 0.6) is 0 Å². The van der Waals surface area contributed by atoms with Crippen LogP contribution in [0, 0.1) is 6.92 Å². The van der Waals surface area contributed by atoms with Crippen molar-refractivity contribution in [2.75, 3.05) is 17.2 Å². The van der Waals surface area contributed by atoms with E-state index in [1.54, 1.807) is 31.2 Å². The van der Waals surface area contributed by atoms with Crippen LogP contribution in [0.2, 0.25) is 0 Å². The van der Waals surface area contributed by atoms with Crippen LogP contribution in [-0.2, 0) is 4.79 Å². The van der Waals surface area contributed by atoms with Crippen molar-refractivity contribution in [2.45, 2.75) is 6.92 Å². The van der Waals surface area contributed by atoms with Crippen molar-refractivity contribution in [3.05, 3.63) is 41.8 Å². The van der Waals surface area contributed by atoms with Crippen LogP contribution >= 0.6 is 0 Å². The molecule has 7 nitrogen and oxygen atoms in total. The Hall–Kier alpha value is -2.83. The molecule has 0 aliphatic carbocycles. The normalized spacial score (nSPS) is 10.2. The van der Waals surface area contributed by atoms with Crippen molar-refractivity contribution in [1.29, 1.82) is 0 Å². The predicted octanol–water partition coefficient (Wildman–Crippen LogP) is 1.30. The van der Waals surface area contributed by atoms with Gasteiger partial charge in [0.25, 0.3) is 5.91 Å². The second-order valence-corrected chi connectivity index (χ2v) is 4.18. The van der Waals surface area contributed by atoms with Gasteiger partial charge < -0.3 is 15.4 Å². The lowest BCUT2D eigenvalue weighted by atomic mass is 10.2. The van der Waals surface area contributed by atoms with E-state index >= 15 is 0 Å². The Labute approximate surface area is 114 Å². The second kappa shape index (κ2) is 5.43. The van der Waals surface area contributed by atoms with Crippen molar-refractivity contribution >= 4 is 23.3 Å². The average Bonchev–Trinajstić information content (AvgIpc) is 2.82. The molecule has 0 fully saturated rings. The number of hydrogen-bond acceptors (Lipinski definition) is 5. The van der Waals surface area contributed by atoms with Gasteiger partial charge in [0.2, 0.25) is 5.76 Å². The molecule has 0 bridgehead atoms. The van der Waals surface area contributed by atoms with E-state index < -0.39 is 18.4 Å². The molecular weight excluding hydrogens is 262 g/mol. The van der Waals surface area contributed by atoms with E-state index in [9.17, 15) is 9.59 Å². The number of carbonyl (C=O) groups excluding carboxylic acids is 1. The number of aryl methyl sites for hydroxylation is 1. The summed E-state index contributed by atoms with van der Waals surface area (Å²) >= 11 is 0. The molecule has 0 saturated carbocycles. The molecule has 0 radical (unpaired) electrons.